The Morgan fingerprint density at radius 1 is 1.30 bits per heavy atom. The molecule has 0 spiro atoms. The Morgan fingerprint density at radius 3 is 2.45 bits per heavy atom. The van der Waals surface area contributed by atoms with Crippen molar-refractivity contribution < 1.29 is 13.7 Å². The Morgan fingerprint density at radius 2 is 1.95 bits per heavy atom. The van der Waals surface area contributed by atoms with Crippen LogP contribution in [-0.4, -0.2) is 19.3 Å². The van der Waals surface area contributed by atoms with E-state index in [-0.39, 0.29) is 20.3 Å². The van der Waals surface area contributed by atoms with Gasteiger partial charge in [0.05, 0.1) is 15.6 Å². The zero-order chi connectivity index (χ0) is 15.0. The lowest BCUT2D eigenvalue weighted by Crippen LogP contribution is -2.24. The van der Waals surface area contributed by atoms with Gasteiger partial charge in [0.25, 0.3) is 5.69 Å². The van der Waals surface area contributed by atoms with Crippen LogP contribution in [0.5, 0.6) is 0 Å². The Bertz CT molecular complexity index is 743. The molecule has 7 nitrogen and oxygen atoms in total. The molecule has 1 aromatic carbocycles. The van der Waals surface area contributed by atoms with Gasteiger partial charge in [-0.1, -0.05) is 23.2 Å². The van der Waals surface area contributed by atoms with Crippen LogP contribution in [0.1, 0.15) is 6.55 Å². The largest absolute Gasteiger partial charge is 0.355 e. The van der Waals surface area contributed by atoms with Gasteiger partial charge in [0.2, 0.25) is 0 Å². The zero-order valence-electron chi connectivity index (χ0n) is 9.33. The summed E-state index contributed by atoms with van der Waals surface area (Å²) in [5, 5.41) is 13.8. The van der Waals surface area contributed by atoms with Gasteiger partial charge in [-0.05, 0) is 6.07 Å². The van der Waals surface area contributed by atoms with Crippen molar-refractivity contribution in [2.45, 2.75) is 6.55 Å². The Labute approximate surface area is 119 Å². The average molecular weight is 325 g/mol. The Hall–Kier alpha value is -2.00. The van der Waals surface area contributed by atoms with Gasteiger partial charge < -0.3 is 0 Å². The molecule has 0 aliphatic rings. The number of rotatable bonds is 3. The number of nitrogens with zero attached hydrogens (tertiary/aromatic N) is 4. The number of alkyl halides is 2. The third-order valence-electron chi connectivity index (χ3n) is 2.35. The fourth-order valence-electron chi connectivity index (χ4n) is 1.44. The van der Waals surface area contributed by atoms with Crippen molar-refractivity contribution in [1.29, 1.82) is 0 Å². The second-order valence-corrected chi connectivity index (χ2v) is 4.34. The molecule has 0 atom stereocenters. The fraction of sp³-hybridized carbons (Fsp3) is 0.111. The van der Waals surface area contributed by atoms with Crippen LogP contribution in [0.3, 0.4) is 0 Å². The highest BCUT2D eigenvalue weighted by atomic mass is 35.5. The van der Waals surface area contributed by atoms with Gasteiger partial charge in [0, 0.05) is 6.07 Å². The van der Waals surface area contributed by atoms with Crippen molar-refractivity contribution >= 4 is 28.9 Å². The van der Waals surface area contributed by atoms with E-state index in [1.807, 2.05) is 0 Å². The van der Waals surface area contributed by atoms with Crippen LogP contribution in [0.15, 0.2) is 23.3 Å². The van der Waals surface area contributed by atoms with E-state index in [9.17, 15) is 23.7 Å². The van der Waals surface area contributed by atoms with E-state index in [4.69, 9.17) is 23.2 Å². The summed E-state index contributed by atoms with van der Waals surface area (Å²) in [7, 11) is 0. The summed E-state index contributed by atoms with van der Waals surface area (Å²) < 4.78 is 25.5. The Balaban J connectivity index is 2.67. The minimum atomic E-state index is -3.09. The predicted octanol–water partition coefficient (Wildman–Crippen LogP) is 2.64. The summed E-state index contributed by atoms with van der Waals surface area (Å²) in [4.78, 5) is 21.6. The maximum absolute atomic E-state index is 12.5. The molecule has 2 aromatic rings. The third-order valence-corrected chi connectivity index (χ3v) is 2.95. The van der Waals surface area contributed by atoms with Gasteiger partial charge in [-0.2, -0.15) is 18.6 Å². The number of halogens is 4. The minimum Gasteiger partial charge on any atom is -0.258 e. The van der Waals surface area contributed by atoms with Crippen LogP contribution < -0.4 is 5.69 Å². The van der Waals surface area contributed by atoms with Gasteiger partial charge in [-0.25, -0.2) is 9.36 Å². The molecular formula is C9H4Cl2F2N4O3. The molecule has 0 radical (unpaired) electrons. The number of hydrogen-bond donors (Lipinski definition) is 0. The van der Waals surface area contributed by atoms with Crippen molar-refractivity contribution in [3.63, 3.8) is 0 Å². The molecule has 0 aliphatic carbocycles. The second kappa shape index (κ2) is 5.17. The molecule has 0 fully saturated rings. The first-order valence-corrected chi connectivity index (χ1v) is 5.66. The summed E-state index contributed by atoms with van der Waals surface area (Å²) in [5.41, 5.74) is -1.92. The van der Waals surface area contributed by atoms with Gasteiger partial charge in [0.15, 0.2) is 0 Å². The molecule has 11 heteroatoms. The minimum absolute atomic E-state index is 0.0524. The van der Waals surface area contributed by atoms with Gasteiger partial charge in [-0.3, -0.25) is 10.1 Å². The van der Waals surface area contributed by atoms with E-state index in [2.05, 4.69) is 5.10 Å². The van der Waals surface area contributed by atoms with E-state index in [0.717, 1.165) is 12.1 Å². The number of hydrogen-bond acceptors (Lipinski definition) is 4. The second-order valence-electron chi connectivity index (χ2n) is 3.52. The van der Waals surface area contributed by atoms with Gasteiger partial charge in [-0.15, -0.1) is 0 Å². The zero-order valence-corrected chi connectivity index (χ0v) is 10.8. The van der Waals surface area contributed by atoms with E-state index >= 15 is 0 Å². The molecule has 0 bridgehead atoms. The quantitative estimate of drug-likeness (QED) is 0.641. The summed E-state index contributed by atoms with van der Waals surface area (Å²) in [6.45, 7) is -3.09. The average Bonchev–Trinajstić information content (AvgIpc) is 2.71. The summed E-state index contributed by atoms with van der Waals surface area (Å²) in [6, 6.07) is 1.92. The van der Waals surface area contributed by atoms with Crippen LogP contribution in [0.25, 0.3) is 5.69 Å². The molecule has 0 amide bonds. The summed E-state index contributed by atoms with van der Waals surface area (Å²) >= 11 is 11.4. The summed E-state index contributed by atoms with van der Waals surface area (Å²) in [5.74, 6) is 0. The molecule has 106 valence electrons. The lowest BCUT2D eigenvalue weighted by Gasteiger charge is -2.04. The molecule has 1 aromatic heterocycles. The van der Waals surface area contributed by atoms with Crippen LogP contribution in [0.2, 0.25) is 10.0 Å². The van der Waals surface area contributed by atoms with E-state index < -0.39 is 22.8 Å². The SMILES string of the molecule is O=c1n(C(F)F)cnn1-c1cc([N+](=O)[O-])c(Cl)cc1Cl. The number of nitro groups is 1. The first kappa shape index (κ1) is 14.4. The molecule has 1 heterocycles. The van der Waals surface area contributed by atoms with Gasteiger partial charge >= 0.3 is 12.2 Å². The normalized spacial score (nSPS) is 11.1. The molecule has 0 aliphatic heterocycles. The summed E-state index contributed by atoms with van der Waals surface area (Å²) in [6.07, 6.45) is 0.601. The van der Waals surface area contributed by atoms with E-state index in [1.54, 1.807) is 0 Å². The molecular weight excluding hydrogens is 321 g/mol. The molecule has 20 heavy (non-hydrogen) atoms. The Kier molecular flexibility index (Phi) is 3.73. The lowest BCUT2D eigenvalue weighted by atomic mass is 10.3. The predicted molar refractivity (Wildman–Crippen MR) is 65.8 cm³/mol. The fourth-order valence-corrected chi connectivity index (χ4v) is 1.98. The molecule has 0 saturated carbocycles. The van der Waals surface area contributed by atoms with Crippen LogP contribution in [0.4, 0.5) is 14.5 Å². The first-order chi connectivity index (χ1) is 9.32. The lowest BCUT2D eigenvalue weighted by molar-refractivity contribution is -0.384. The highest BCUT2D eigenvalue weighted by Crippen LogP contribution is 2.32. The van der Waals surface area contributed by atoms with Gasteiger partial charge in [0.1, 0.15) is 11.3 Å². The van der Waals surface area contributed by atoms with Crippen LogP contribution in [0, 0.1) is 10.1 Å². The van der Waals surface area contributed by atoms with Crippen molar-refractivity contribution in [2.24, 2.45) is 0 Å². The molecule has 0 N–H and O–H groups in total. The van der Waals surface area contributed by atoms with Crippen molar-refractivity contribution in [1.82, 2.24) is 14.3 Å². The highest BCUT2D eigenvalue weighted by Gasteiger charge is 2.21. The van der Waals surface area contributed by atoms with E-state index in [0.29, 0.717) is 11.0 Å². The van der Waals surface area contributed by atoms with Crippen molar-refractivity contribution in [2.75, 3.05) is 0 Å². The van der Waals surface area contributed by atoms with E-state index in [1.165, 1.54) is 0 Å². The van der Waals surface area contributed by atoms with Crippen molar-refractivity contribution in [3.05, 3.63) is 49.1 Å². The first-order valence-electron chi connectivity index (χ1n) is 4.91. The smallest absolute Gasteiger partial charge is 0.258 e. The van der Waals surface area contributed by atoms with Crippen molar-refractivity contribution in [3.8, 4) is 5.69 Å². The third kappa shape index (κ3) is 2.37. The molecule has 0 saturated heterocycles. The maximum atomic E-state index is 12.5. The highest BCUT2D eigenvalue weighted by molar-refractivity contribution is 6.37. The number of aromatic nitrogens is 3. The monoisotopic (exact) mass is 324 g/mol. The topological polar surface area (TPSA) is 83.0 Å². The molecule has 2 rings (SSSR count). The standard InChI is InChI=1S/C9H4Cl2F2N4O3/c10-4-1-5(11)7(17(19)20)2-6(4)16-9(18)15(3-14-16)8(12)13/h1-3,8H. The van der Waals surface area contributed by atoms with Crippen LogP contribution in [-0.2, 0) is 0 Å². The number of nitro benzene ring substituents is 1. The maximum Gasteiger partial charge on any atom is 0.355 e. The van der Waals surface area contributed by atoms with Crippen LogP contribution >= 0.6 is 23.2 Å². The number of benzene rings is 1. The molecule has 0 unspecified atom stereocenters.